The highest BCUT2D eigenvalue weighted by Gasteiger charge is 2.32. The molecule has 1 saturated carbocycles. The van der Waals surface area contributed by atoms with Crippen molar-refractivity contribution in [3.63, 3.8) is 0 Å². The van der Waals surface area contributed by atoms with Gasteiger partial charge < -0.3 is 11.1 Å². The van der Waals surface area contributed by atoms with E-state index in [0.717, 1.165) is 36.2 Å². The van der Waals surface area contributed by atoms with Crippen LogP contribution in [-0.4, -0.2) is 22.2 Å². The van der Waals surface area contributed by atoms with E-state index < -0.39 is 0 Å². The van der Waals surface area contributed by atoms with E-state index in [1.165, 1.54) is 12.1 Å². The van der Waals surface area contributed by atoms with Gasteiger partial charge >= 0.3 is 0 Å². The van der Waals surface area contributed by atoms with Crippen molar-refractivity contribution >= 4 is 5.91 Å². The maximum Gasteiger partial charge on any atom is 0.223 e. The minimum absolute atomic E-state index is 0.0138. The zero-order chi connectivity index (χ0) is 18.0. The first-order chi connectivity index (χ1) is 12.0. The van der Waals surface area contributed by atoms with Crippen LogP contribution in [0, 0.1) is 24.6 Å². The molecule has 3 atom stereocenters. The molecule has 1 unspecified atom stereocenters. The van der Waals surface area contributed by atoms with Crippen molar-refractivity contribution in [2.75, 3.05) is 6.54 Å². The predicted octanol–water partition coefficient (Wildman–Crippen LogP) is 2.87. The topological polar surface area (TPSA) is 72.9 Å². The summed E-state index contributed by atoms with van der Waals surface area (Å²) in [5.41, 5.74) is 8.47. The molecule has 1 heterocycles. The third kappa shape index (κ3) is 3.58. The van der Waals surface area contributed by atoms with Gasteiger partial charge in [-0.3, -0.25) is 4.79 Å². The van der Waals surface area contributed by atoms with Crippen LogP contribution >= 0.6 is 0 Å². The fourth-order valence-corrected chi connectivity index (χ4v) is 3.75. The number of nitrogens with zero attached hydrogens (tertiary/aromatic N) is 2. The van der Waals surface area contributed by atoms with E-state index >= 15 is 0 Å². The van der Waals surface area contributed by atoms with Crippen molar-refractivity contribution in [1.82, 2.24) is 15.1 Å². The van der Waals surface area contributed by atoms with E-state index in [2.05, 4.69) is 10.4 Å². The maximum atomic E-state index is 13.1. The van der Waals surface area contributed by atoms with Crippen LogP contribution in [0.25, 0.3) is 5.69 Å². The summed E-state index contributed by atoms with van der Waals surface area (Å²) in [6.07, 6.45) is 4.77. The summed E-state index contributed by atoms with van der Waals surface area (Å²) < 4.78 is 14.9. The Labute approximate surface area is 147 Å². The van der Waals surface area contributed by atoms with Crippen LogP contribution < -0.4 is 11.1 Å². The van der Waals surface area contributed by atoms with Gasteiger partial charge in [-0.05, 0) is 63.4 Å². The Bertz CT molecular complexity index is 740. The minimum Gasteiger partial charge on any atom is -0.349 e. The molecule has 0 radical (unpaired) electrons. The molecule has 0 spiro atoms. The fourth-order valence-electron chi connectivity index (χ4n) is 3.75. The Morgan fingerprint density at radius 3 is 2.80 bits per heavy atom. The number of halogens is 1. The molecule has 0 aliphatic heterocycles. The van der Waals surface area contributed by atoms with Crippen molar-refractivity contribution in [3.05, 3.63) is 47.5 Å². The summed E-state index contributed by atoms with van der Waals surface area (Å²) in [6.45, 7) is 4.48. The van der Waals surface area contributed by atoms with E-state index in [0.29, 0.717) is 6.54 Å². The van der Waals surface area contributed by atoms with Crippen molar-refractivity contribution in [1.29, 1.82) is 0 Å². The summed E-state index contributed by atoms with van der Waals surface area (Å²) in [7, 11) is 0. The molecule has 2 aromatic rings. The van der Waals surface area contributed by atoms with Crippen LogP contribution in [0.3, 0.4) is 0 Å². The largest absolute Gasteiger partial charge is 0.349 e. The summed E-state index contributed by atoms with van der Waals surface area (Å²) in [6, 6.07) is 6.06. The van der Waals surface area contributed by atoms with Crippen molar-refractivity contribution in [2.45, 2.75) is 39.2 Å². The van der Waals surface area contributed by atoms with Gasteiger partial charge in [-0.2, -0.15) is 5.10 Å². The summed E-state index contributed by atoms with van der Waals surface area (Å²) in [5, 5.41) is 7.50. The Morgan fingerprint density at radius 2 is 2.12 bits per heavy atom. The van der Waals surface area contributed by atoms with Gasteiger partial charge in [-0.1, -0.05) is 6.42 Å². The number of rotatable bonds is 5. The van der Waals surface area contributed by atoms with Gasteiger partial charge in [0.15, 0.2) is 0 Å². The van der Waals surface area contributed by atoms with E-state index in [1.54, 1.807) is 23.0 Å². The van der Waals surface area contributed by atoms with Gasteiger partial charge in [0.2, 0.25) is 5.91 Å². The van der Waals surface area contributed by atoms with Crippen molar-refractivity contribution < 1.29 is 9.18 Å². The maximum absolute atomic E-state index is 13.1. The number of amides is 1. The Hall–Kier alpha value is -2.21. The molecule has 1 aliphatic rings. The van der Waals surface area contributed by atoms with Crippen LogP contribution in [0.15, 0.2) is 30.5 Å². The second-order valence-electron chi connectivity index (χ2n) is 6.84. The molecule has 3 N–H and O–H groups in total. The number of carbonyl (C=O) groups excluding carboxylic acids is 1. The molecule has 6 heteroatoms. The molecule has 1 aromatic heterocycles. The van der Waals surface area contributed by atoms with E-state index in [1.807, 2.05) is 13.8 Å². The molecule has 25 heavy (non-hydrogen) atoms. The first kappa shape index (κ1) is 17.6. The number of hydrogen-bond donors (Lipinski definition) is 2. The molecular formula is C19H25FN4O. The predicted molar refractivity (Wildman–Crippen MR) is 94.7 cm³/mol. The van der Waals surface area contributed by atoms with E-state index in [4.69, 9.17) is 5.73 Å². The number of aromatic nitrogens is 2. The lowest BCUT2D eigenvalue weighted by molar-refractivity contribution is -0.126. The Morgan fingerprint density at radius 1 is 1.40 bits per heavy atom. The SMILES string of the molecule is Cc1c(C(C)NC(=O)[C@@H]2CCC[C@@H]2CN)cnn1-c1ccc(F)cc1. The standard InChI is InChI=1S/C19H25FN4O/c1-12(23-19(25)17-5-3-4-14(17)10-21)18-11-22-24(13(18)2)16-8-6-15(20)7-9-16/h6-9,11-12,14,17H,3-5,10,21H2,1-2H3,(H,23,25)/t12?,14-,17-/m1/s1. The fraction of sp³-hybridized carbons (Fsp3) is 0.474. The monoisotopic (exact) mass is 344 g/mol. The van der Waals surface area contributed by atoms with Crippen molar-refractivity contribution in [3.8, 4) is 5.69 Å². The smallest absolute Gasteiger partial charge is 0.223 e. The lowest BCUT2D eigenvalue weighted by Crippen LogP contribution is -2.36. The van der Waals surface area contributed by atoms with Gasteiger partial charge in [0.05, 0.1) is 17.9 Å². The first-order valence-electron chi connectivity index (χ1n) is 8.82. The first-order valence-corrected chi connectivity index (χ1v) is 8.82. The lowest BCUT2D eigenvalue weighted by atomic mass is 9.95. The molecular weight excluding hydrogens is 319 g/mol. The zero-order valence-electron chi connectivity index (χ0n) is 14.7. The van der Waals surface area contributed by atoms with Crippen LogP contribution in [0.2, 0.25) is 0 Å². The van der Waals surface area contributed by atoms with Crippen LogP contribution in [0.5, 0.6) is 0 Å². The molecule has 1 amide bonds. The summed E-state index contributed by atoms with van der Waals surface area (Å²) in [4.78, 5) is 12.6. The number of nitrogens with one attached hydrogen (secondary N) is 1. The number of carbonyl (C=O) groups is 1. The molecule has 5 nitrogen and oxygen atoms in total. The normalized spacial score (nSPS) is 21.3. The molecule has 0 bridgehead atoms. The average Bonchev–Trinajstić information content (AvgIpc) is 3.22. The van der Waals surface area contributed by atoms with E-state index in [9.17, 15) is 9.18 Å². The number of hydrogen-bond acceptors (Lipinski definition) is 3. The molecule has 1 aromatic carbocycles. The second-order valence-corrected chi connectivity index (χ2v) is 6.84. The molecule has 3 rings (SSSR count). The number of benzene rings is 1. The summed E-state index contributed by atoms with van der Waals surface area (Å²) in [5.74, 6) is 0.102. The molecule has 1 aliphatic carbocycles. The third-order valence-corrected chi connectivity index (χ3v) is 5.24. The summed E-state index contributed by atoms with van der Waals surface area (Å²) >= 11 is 0. The van der Waals surface area contributed by atoms with Gasteiger partial charge in [0.25, 0.3) is 0 Å². The highest BCUT2D eigenvalue weighted by molar-refractivity contribution is 5.79. The highest BCUT2D eigenvalue weighted by atomic mass is 19.1. The quantitative estimate of drug-likeness (QED) is 0.876. The van der Waals surface area contributed by atoms with Crippen LogP contribution in [-0.2, 0) is 4.79 Å². The van der Waals surface area contributed by atoms with Gasteiger partial charge in [-0.25, -0.2) is 9.07 Å². The average molecular weight is 344 g/mol. The van der Waals surface area contributed by atoms with Gasteiger partial charge in [0.1, 0.15) is 5.82 Å². The molecule has 1 fully saturated rings. The molecule has 134 valence electrons. The highest BCUT2D eigenvalue weighted by Crippen LogP contribution is 2.31. The third-order valence-electron chi connectivity index (χ3n) is 5.24. The van der Waals surface area contributed by atoms with Crippen LogP contribution in [0.1, 0.15) is 43.5 Å². The number of nitrogens with two attached hydrogens (primary N) is 1. The van der Waals surface area contributed by atoms with Gasteiger partial charge in [-0.15, -0.1) is 0 Å². The zero-order valence-corrected chi connectivity index (χ0v) is 14.7. The Balaban J connectivity index is 1.73. The van der Waals surface area contributed by atoms with E-state index in [-0.39, 0.29) is 29.6 Å². The van der Waals surface area contributed by atoms with Crippen LogP contribution in [0.4, 0.5) is 4.39 Å². The minimum atomic E-state index is -0.277. The Kier molecular flexibility index (Phi) is 5.18. The van der Waals surface area contributed by atoms with Crippen molar-refractivity contribution in [2.24, 2.45) is 17.6 Å². The molecule has 0 saturated heterocycles. The second kappa shape index (κ2) is 7.35. The van der Waals surface area contributed by atoms with Gasteiger partial charge in [0, 0.05) is 17.2 Å². The lowest BCUT2D eigenvalue weighted by Gasteiger charge is -2.21.